The Balaban J connectivity index is 1.92. The van der Waals surface area contributed by atoms with Crippen molar-refractivity contribution in [2.45, 2.75) is 78.0 Å². The first-order valence-corrected chi connectivity index (χ1v) is 10.6. The van der Waals surface area contributed by atoms with Crippen LogP contribution in [-0.4, -0.2) is 50.3 Å². The van der Waals surface area contributed by atoms with Gasteiger partial charge in [-0.25, -0.2) is 0 Å². The third kappa shape index (κ3) is 6.99. The number of unbranched alkanes of at least 4 members (excludes halogenated alkanes) is 1. The van der Waals surface area contributed by atoms with E-state index in [0.29, 0.717) is 6.61 Å². The first-order valence-electron chi connectivity index (χ1n) is 10.6. The first kappa shape index (κ1) is 24.2. The summed E-state index contributed by atoms with van der Waals surface area (Å²) in [7, 11) is 1.65. The van der Waals surface area contributed by atoms with Gasteiger partial charge in [-0.2, -0.15) is 0 Å². The van der Waals surface area contributed by atoms with Gasteiger partial charge in [-0.1, -0.05) is 26.0 Å². The van der Waals surface area contributed by atoms with Crippen LogP contribution in [-0.2, 0) is 35.0 Å². The van der Waals surface area contributed by atoms with Crippen LogP contribution in [0.3, 0.4) is 0 Å². The normalized spacial score (nSPS) is 26.1. The predicted molar refractivity (Wildman–Crippen MR) is 111 cm³/mol. The number of esters is 2. The Morgan fingerprint density at radius 1 is 1.00 bits per heavy atom. The van der Waals surface area contributed by atoms with Gasteiger partial charge in [0.25, 0.3) is 0 Å². The quantitative estimate of drug-likeness (QED) is 0.420. The third-order valence-corrected chi connectivity index (χ3v) is 5.31. The molecule has 0 aromatic heterocycles. The van der Waals surface area contributed by atoms with Gasteiger partial charge in [-0.05, 0) is 43.4 Å². The van der Waals surface area contributed by atoms with Crippen LogP contribution in [0.1, 0.15) is 52.5 Å². The lowest BCUT2D eigenvalue weighted by Crippen LogP contribution is -2.57. The van der Waals surface area contributed by atoms with Crippen molar-refractivity contribution in [1.82, 2.24) is 0 Å². The van der Waals surface area contributed by atoms with Crippen LogP contribution in [0.2, 0.25) is 0 Å². The van der Waals surface area contributed by atoms with Crippen molar-refractivity contribution in [2.75, 3.05) is 13.7 Å². The molecule has 1 aliphatic rings. The maximum atomic E-state index is 11.6. The molecule has 1 fully saturated rings. The second kappa shape index (κ2) is 11.9. The predicted octanol–water partition coefficient (Wildman–Crippen LogP) is 3.67. The van der Waals surface area contributed by atoms with E-state index in [9.17, 15) is 9.59 Å². The van der Waals surface area contributed by atoms with Gasteiger partial charge >= 0.3 is 11.9 Å². The largest absolute Gasteiger partial charge is 0.497 e. The molecular formula is C23H34O7. The molecule has 5 atom stereocenters. The molecule has 1 aliphatic heterocycles. The van der Waals surface area contributed by atoms with E-state index in [2.05, 4.69) is 12.1 Å². The van der Waals surface area contributed by atoms with E-state index in [1.165, 1.54) is 19.4 Å². The summed E-state index contributed by atoms with van der Waals surface area (Å²) in [6, 6.07) is 8.01. The zero-order valence-corrected chi connectivity index (χ0v) is 18.6. The molecule has 0 saturated carbocycles. The van der Waals surface area contributed by atoms with Gasteiger partial charge in [-0.3, -0.25) is 9.59 Å². The minimum absolute atomic E-state index is 0.113. The molecule has 0 unspecified atom stereocenters. The Kier molecular flexibility index (Phi) is 9.59. The van der Waals surface area contributed by atoms with Crippen molar-refractivity contribution in [3.05, 3.63) is 29.8 Å². The molecule has 2 rings (SSSR count). The lowest BCUT2D eigenvalue weighted by molar-refractivity contribution is -0.290. The van der Waals surface area contributed by atoms with Crippen LogP contribution in [0.15, 0.2) is 24.3 Å². The molecule has 1 saturated heterocycles. The van der Waals surface area contributed by atoms with Crippen molar-refractivity contribution in [2.24, 2.45) is 5.92 Å². The summed E-state index contributed by atoms with van der Waals surface area (Å²) in [5.74, 6) is -0.150. The summed E-state index contributed by atoms with van der Waals surface area (Å²) in [6.45, 7) is 7.07. The van der Waals surface area contributed by atoms with E-state index in [0.717, 1.165) is 31.4 Å². The Morgan fingerprint density at radius 2 is 1.63 bits per heavy atom. The van der Waals surface area contributed by atoms with E-state index in [1.807, 2.05) is 26.0 Å². The number of carbonyl (C=O) groups is 2. The van der Waals surface area contributed by atoms with Gasteiger partial charge in [-0.15, -0.1) is 0 Å². The molecule has 7 nitrogen and oxygen atoms in total. The lowest BCUT2D eigenvalue weighted by Gasteiger charge is -2.43. The number of ether oxygens (including phenoxy) is 5. The molecule has 0 N–H and O–H groups in total. The molecule has 0 amide bonds. The SMILES string of the molecule is CC[C@H]1O[C@@H](OCCCCc2ccc(OC)cc2)[C@H](OC(C)=O)[C@@H](OC(C)=O)[C@H]1C. The average molecular weight is 423 g/mol. The van der Waals surface area contributed by atoms with Crippen LogP contribution < -0.4 is 4.74 Å². The van der Waals surface area contributed by atoms with Crippen molar-refractivity contribution in [3.63, 3.8) is 0 Å². The first-order chi connectivity index (χ1) is 14.3. The number of methoxy groups -OCH3 is 1. The van der Waals surface area contributed by atoms with Crippen molar-refractivity contribution >= 4 is 11.9 Å². The molecule has 168 valence electrons. The van der Waals surface area contributed by atoms with Gasteiger partial charge in [0.05, 0.1) is 13.2 Å². The summed E-state index contributed by atoms with van der Waals surface area (Å²) in [5.41, 5.74) is 1.23. The Bertz CT molecular complexity index is 673. The topological polar surface area (TPSA) is 80.3 Å². The van der Waals surface area contributed by atoms with Crippen LogP contribution in [0.25, 0.3) is 0 Å². The highest BCUT2D eigenvalue weighted by Crippen LogP contribution is 2.32. The summed E-state index contributed by atoms with van der Waals surface area (Å²) in [4.78, 5) is 23.3. The minimum Gasteiger partial charge on any atom is -0.497 e. The number of rotatable bonds is 10. The Hall–Kier alpha value is -2.12. The Labute approximate surface area is 179 Å². The monoisotopic (exact) mass is 422 g/mol. The smallest absolute Gasteiger partial charge is 0.303 e. The van der Waals surface area contributed by atoms with Gasteiger partial charge in [0.15, 0.2) is 12.4 Å². The molecular weight excluding hydrogens is 388 g/mol. The molecule has 0 radical (unpaired) electrons. The van der Waals surface area contributed by atoms with E-state index < -0.39 is 30.4 Å². The van der Waals surface area contributed by atoms with E-state index in [-0.39, 0.29) is 12.0 Å². The highest BCUT2D eigenvalue weighted by Gasteiger charge is 2.47. The zero-order chi connectivity index (χ0) is 22.1. The number of hydrogen-bond donors (Lipinski definition) is 0. The molecule has 1 aromatic carbocycles. The summed E-state index contributed by atoms with van der Waals surface area (Å²) < 4.78 is 28.1. The second-order valence-corrected chi connectivity index (χ2v) is 7.63. The van der Waals surface area contributed by atoms with Crippen molar-refractivity contribution in [1.29, 1.82) is 0 Å². The lowest BCUT2D eigenvalue weighted by atomic mass is 9.89. The standard InChI is InChI=1S/C23H34O7/c1-6-20-15(2)21(28-16(3)24)22(29-17(4)25)23(30-20)27-14-8-7-9-18-10-12-19(26-5)13-11-18/h10-13,15,20-23H,6-9,14H2,1-5H3/t15-,20+,21-,22+,23+/m0/s1. The average Bonchev–Trinajstić information content (AvgIpc) is 2.71. The third-order valence-electron chi connectivity index (χ3n) is 5.31. The molecule has 0 bridgehead atoms. The molecule has 0 aliphatic carbocycles. The van der Waals surface area contributed by atoms with Crippen LogP contribution in [0.4, 0.5) is 0 Å². The van der Waals surface area contributed by atoms with Crippen molar-refractivity contribution < 1.29 is 33.3 Å². The van der Waals surface area contributed by atoms with Gasteiger partial charge < -0.3 is 23.7 Å². The summed E-state index contributed by atoms with van der Waals surface area (Å²) in [5, 5.41) is 0. The fourth-order valence-corrected chi connectivity index (χ4v) is 3.74. The maximum absolute atomic E-state index is 11.6. The number of benzene rings is 1. The van der Waals surface area contributed by atoms with Gasteiger partial charge in [0.2, 0.25) is 0 Å². The van der Waals surface area contributed by atoms with Crippen LogP contribution >= 0.6 is 0 Å². The number of aryl methyl sites for hydroxylation is 1. The van der Waals surface area contributed by atoms with E-state index >= 15 is 0 Å². The fourth-order valence-electron chi connectivity index (χ4n) is 3.74. The summed E-state index contributed by atoms with van der Waals surface area (Å²) in [6.07, 6.45) is 1.13. The van der Waals surface area contributed by atoms with Gasteiger partial charge in [0, 0.05) is 26.4 Å². The minimum atomic E-state index is -0.786. The zero-order valence-electron chi connectivity index (χ0n) is 18.6. The number of hydrogen-bond acceptors (Lipinski definition) is 7. The van der Waals surface area contributed by atoms with E-state index in [1.54, 1.807) is 7.11 Å². The molecule has 30 heavy (non-hydrogen) atoms. The molecule has 0 spiro atoms. The number of carbonyl (C=O) groups excluding carboxylic acids is 2. The van der Waals surface area contributed by atoms with Crippen LogP contribution in [0, 0.1) is 5.92 Å². The Morgan fingerprint density at radius 3 is 2.20 bits per heavy atom. The molecule has 1 heterocycles. The maximum Gasteiger partial charge on any atom is 0.303 e. The summed E-state index contributed by atoms with van der Waals surface area (Å²) >= 11 is 0. The highest BCUT2D eigenvalue weighted by atomic mass is 16.7. The van der Waals surface area contributed by atoms with Crippen molar-refractivity contribution in [3.8, 4) is 5.75 Å². The fraction of sp³-hybridized carbons (Fsp3) is 0.652. The molecule has 7 heteroatoms. The highest BCUT2D eigenvalue weighted by molar-refractivity contribution is 5.67. The van der Waals surface area contributed by atoms with Gasteiger partial charge in [0.1, 0.15) is 11.9 Å². The molecule has 1 aromatic rings. The van der Waals surface area contributed by atoms with Crippen LogP contribution in [0.5, 0.6) is 5.75 Å². The van der Waals surface area contributed by atoms with E-state index in [4.69, 9.17) is 23.7 Å². The second-order valence-electron chi connectivity index (χ2n) is 7.63.